The summed E-state index contributed by atoms with van der Waals surface area (Å²) in [6, 6.07) is 6.34. The lowest BCUT2D eigenvalue weighted by Gasteiger charge is -2.23. The van der Waals surface area contributed by atoms with E-state index < -0.39 is 11.4 Å². The van der Waals surface area contributed by atoms with Gasteiger partial charge in [0.15, 0.2) is 0 Å². The number of carboxylic acids is 1. The molecule has 104 valence electrons. The monoisotopic (exact) mass is 325 g/mol. The number of hydrogen-bond acceptors (Lipinski definition) is 2. The van der Waals surface area contributed by atoms with Crippen LogP contribution in [0.3, 0.4) is 0 Å². The molecule has 0 amide bonds. The smallest absolute Gasteiger partial charge is 0.310 e. The predicted molar refractivity (Wildman–Crippen MR) is 79.1 cm³/mol. The molecule has 2 rings (SSSR count). The third-order valence-corrected chi connectivity index (χ3v) is 5.06. The molecule has 1 aromatic carbocycles. The van der Waals surface area contributed by atoms with Gasteiger partial charge in [-0.3, -0.25) is 9.69 Å². The van der Waals surface area contributed by atoms with Crippen LogP contribution in [-0.4, -0.2) is 29.1 Å². The Balaban J connectivity index is 2.05. The van der Waals surface area contributed by atoms with Crippen molar-refractivity contribution in [3.63, 3.8) is 0 Å². The molecule has 3 nitrogen and oxygen atoms in total. The lowest BCUT2D eigenvalue weighted by Crippen LogP contribution is -2.33. The normalized spacial score (nSPS) is 23.7. The van der Waals surface area contributed by atoms with Crippen molar-refractivity contribution in [2.75, 3.05) is 13.1 Å². The first kappa shape index (κ1) is 14.5. The van der Waals surface area contributed by atoms with Gasteiger partial charge in [-0.1, -0.05) is 35.0 Å². The quantitative estimate of drug-likeness (QED) is 0.921. The topological polar surface area (TPSA) is 40.5 Å². The molecule has 1 N–H and O–H groups in total. The zero-order valence-electron chi connectivity index (χ0n) is 11.4. The molecule has 1 saturated heterocycles. The van der Waals surface area contributed by atoms with Gasteiger partial charge in [-0.25, -0.2) is 0 Å². The van der Waals surface area contributed by atoms with Crippen molar-refractivity contribution in [1.82, 2.24) is 4.90 Å². The van der Waals surface area contributed by atoms with Gasteiger partial charge in [0, 0.05) is 17.6 Å². The number of carbonyl (C=O) groups is 1. The average molecular weight is 326 g/mol. The Kier molecular flexibility index (Phi) is 4.31. The van der Waals surface area contributed by atoms with Crippen LogP contribution in [0.1, 0.15) is 30.9 Å². The first-order valence-electron chi connectivity index (χ1n) is 6.67. The summed E-state index contributed by atoms with van der Waals surface area (Å²) in [5, 5.41) is 9.39. The molecular formula is C15H20BrNO2. The fourth-order valence-electron chi connectivity index (χ4n) is 2.70. The van der Waals surface area contributed by atoms with Crippen LogP contribution in [0.5, 0.6) is 0 Å². The van der Waals surface area contributed by atoms with E-state index in [2.05, 4.69) is 46.0 Å². The molecule has 0 radical (unpaired) electrons. The molecule has 1 atom stereocenters. The molecule has 19 heavy (non-hydrogen) atoms. The molecule has 0 bridgehead atoms. The minimum Gasteiger partial charge on any atom is -0.481 e. The first-order chi connectivity index (χ1) is 8.97. The molecule has 0 spiro atoms. The van der Waals surface area contributed by atoms with Gasteiger partial charge in [0.2, 0.25) is 0 Å². The second-order valence-electron chi connectivity index (χ2n) is 5.48. The van der Waals surface area contributed by atoms with E-state index in [9.17, 15) is 9.90 Å². The van der Waals surface area contributed by atoms with Crippen molar-refractivity contribution < 1.29 is 9.90 Å². The van der Waals surface area contributed by atoms with Gasteiger partial charge >= 0.3 is 5.97 Å². The Labute approximate surface area is 122 Å². The number of rotatable bonds is 4. The Morgan fingerprint density at radius 3 is 2.79 bits per heavy atom. The fourth-order valence-corrected chi connectivity index (χ4v) is 3.13. The maximum atomic E-state index is 11.4. The van der Waals surface area contributed by atoms with Crippen molar-refractivity contribution in [3.05, 3.63) is 33.8 Å². The van der Waals surface area contributed by atoms with Crippen LogP contribution in [0.15, 0.2) is 22.7 Å². The van der Waals surface area contributed by atoms with E-state index in [0.717, 1.165) is 24.0 Å². The number of benzene rings is 1. The number of hydrogen-bond donors (Lipinski definition) is 1. The minimum atomic E-state index is -0.650. The Morgan fingerprint density at radius 1 is 1.53 bits per heavy atom. The van der Waals surface area contributed by atoms with Crippen molar-refractivity contribution in [1.29, 1.82) is 0 Å². The van der Waals surface area contributed by atoms with E-state index in [4.69, 9.17) is 0 Å². The Hall–Kier alpha value is -0.870. The summed E-state index contributed by atoms with van der Waals surface area (Å²) in [7, 11) is 0. The number of nitrogens with zero attached hydrogens (tertiary/aromatic N) is 1. The summed E-state index contributed by atoms with van der Waals surface area (Å²) in [6.45, 7) is 6.39. The molecule has 1 aromatic rings. The van der Waals surface area contributed by atoms with Crippen LogP contribution < -0.4 is 0 Å². The van der Waals surface area contributed by atoms with Crippen molar-refractivity contribution >= 4 is 21.9 Å². The standard InChI is InChI=1S/C15H20BrNO2/c1-3-15(14(18)19)6-7-17(10-15)9-12-5-4-11(2)13(16)8-12/h4-5,8H,3,6-7,9-10H2,1-2H3,(H,18,19). The summed E-state index contributed by atoms with van der Waals surface area (Å²) in [6.07, 6.45) is 1.46. The second kappa shape index (κ2) is 5.63. The second-order valence-corrected chi connectivity index (χ2v) is 6.34. The molecule has 0 aromatic heterocycles. The summed E-state index contributed by atoms with van der Waals surface area (Å²) in [5.41, 5.74) is 1.91. The minimum absolute atomic E-state index is 0.540. The molecular weight excluding hydrogens is 306 g/mol. The van der Waals surface area contributed by atoms with Crippen LogP contribution in [0.4, 0.5) is 0 Å². The third kappa shape index (κ3) is 3.00. The number of aliphatic carboxylic acids is 1. The van der Waals surface area contributed by atoms with E-state index in [0.29, 0.717) is 13.0 Å². The van der Waals surface area contributed by atoms with Gasteiger partial charge in [-0.15, -0.1) is 0 Å². The maximum absolute atomic E-state index is 11.4. The molecule has 0 saturated carbocycles. The predicted octanol–water partition coefficient (Wildman–Crippen LogP) is 3.44. The van der Waals surface area contributed by atoms with Gasteiger partial charge in [0.25, 0.3) is 0 Å². The SMILES string of the molecule is CCC1(C(=O)O)CCN(Cc2ccc(C)c(Br)c2)C1. The Morgan fingerprint density at radius 2 is 2.26 bits per heavy atom. The molecule has 4 heteroatoms. The number of aryl methyl sites for hydroxylation is 1. The highest BCUT2D eigenvalue weighted by Crippen LogP contribution is 2.35. The summed E-state index contributed by atoms with van der Waals surface area (Å²) in [4.78, 5) is 13.7. The van der Waals surface area contributed by atoms with Crippen LogP contribution in [-0.2, 0) is 11.3 Å². The molecule has 1 heterocycles. The van der Waals surface area contributed by atoms with E-state index in [1.165, 1.54) is 11.1 Å². The van der Waals surface area contributed by atoms with Gasteiger partial charge in [-0.2, -0.15) is 0 Å². The fraction of sp³-hybridized carbons (Fsp3) is 0.533. The lowest BCUT2D eigenvalue weighted by atomic mass is 9.84. The molecule has 1 aliphatic heterocycles. The van der Waals surface area contributed by atoms with E-state index in [1.54, 1.807) is 0 Å². The van der Waals surface area contributed by atoms with Gasteiger partial charge in [0.05, 0.1) is 5.41 Å². The zero-order valence-corrected chi connectivity index (χ0v) is 13.0. The molecule has 1 unspecified atom stereocenters. The summed E-state index contributed by atoms with van der Waals surface area (Å²) >= 11 is 3.54. The summed E-state index contributed by atoms with van der Waals surface area (Å²) < 4.78 is 1.11. The number of carboxylic acid groups (broad SMARTS) is 1. The molecule has 1 fully saturated rings. The van der Waals surface area contributed by atoms with Crippen LogP contribution in [0.2, 0.25) is 0 Å². The highest BCUT2D eigenvalue weighted by molar-refractivity contribution is 9.10. The van der Waals surface area contributed by atoms with Crippen molar-refractivity contribution in [2.24, 2.45) is 5.41 Å². The van der Waals surface area contributed by atoms with Gasteiger partial charge in [0.1, 0.15) is 0 Å². The average Bonchev–Trinajstić information content (AvgIpc) is 2.79. The number of likely N-dealkylation sites (tertiary alicyclic amines) is 1. The maximum Gasteiger partial charge on any atom is 0.310 e. The highest BCUT2D eigenvalue weighted by atomic mass is 79.9. The van der Waals surface area contributed by atoms with Crippen LogP contribution >= 0.6 is 15.9 Å². The number of halogens is 1. The first-order valence-corrected chi connectivity index (χ1v) is 7.47. The zero-order chi connectivity index (χ0) is 14.0. The molecule has 1 aliphatic rings. The van der Waals surface area contributed by atoms with E-state index >= 15 is 0 Å². The van der Waals surface area contributed by atoms with Gasteiger partial charge in [-0.05, 0) is 43.5 Å². The third-order valence-electron chi connectivity index (χ3n) is 4.21. The largest absolute Gasteiger partial charge is 0.481 e. The summed E-state index contributed by atoms with van der Waals surface area (Å²) in [5.74, 6) is -0.650. The highest BCUT2D eigenvalue weighted by Gasteiger charge is 2.42. The van der Waals surface area contributed by atoms with E-state index in [1.807, 2.05) is 6.92 Å². The van der Waals surface area contributed by atoms with Crippen molar-refractivity contribution in [2.45, 2.75) is 33.2 Å². The van der Waals surface area contributed by atoms with Crippen molar-refractivity contribution in [3.8, 4) is 0 Å². The van der Waals surface area contributed by atoms with Crippen LogP contribution in [0, 0.1) is 12.3 Å². The van der Waals surface area contributed by atoms with Gasteiger partial charge < -0.3 is 5.11 Å². The van der Waals surface area contributed by atoms with Crippen LogP contribution in [0.25, 0.3) is 0 Å². The lowest BCUT2D eigenvalue weighted by molar-refractivity contribution is -0.148. The Bertz CT molecular complexity index is 489. The van der Waals surface area contributed by atoms with E-state index in [-0.39, 0.29) is 0 Å². The molecule has 0 aliphatic carbocycles.